The summed E-state index contributed by atoms with van der Waals surface area (Å²) in [6, 6.07) is 0. The molecule has 0 radical (unpaired) electrons. The summed E-state index contributed by atoms with van der Waals surface area (Å²) >= 11 is 0. The first-order valence-corrected chi connectivity index (χ1v) is 3.39. The van der Waals surface area contributed by atoms with Crippen LogP contribution < -0.4 is 0 Å². The molecule has 46 valence electrons. The molecule has 0 aromatic carbocycles. The van der Waals surface area contributed by atoms with E-state index in [1.807, 2.05) is 0 Å². The molecule has 0 aliphatic carbocycles. The van der Waals surface area contributed by atoms with Gasteiger partial charge in [0.2, 0.25) is 0 Å². The Hall–Kier alpha value is -0.643. The zero-order valence-electron chi connectivity index (χ0n) is 4.68. The van der Waals surface area contributed by atoms with Crippen molar-refractivity contribution < 1.29 is 13.7 Å². The van der Waals surface area contributed by atoms with E-state index in [9.17, 15) is 4.46 Å². The lowest BCUT2D eigenvalue weighted by Gasteiger charge is -1.95. The van der Waals surface area contributed by atoms with Crippen molar-refractivity contribution in [2.75, 3.05) is 6.61 Å². The molecule has 0 saturated heterocycles. The molecule has 3 nitrogen and oxygen atoms in total. The Kier molecular flexibility index (Phi) is 3.10. The lowest BCUT2D eigenvalue weighted by atomic mass is 10.4. The standard InChI is InChI=1S/C4H8O3Si/c1-4(2)3-7-8(5)6/h5H,1,3H2,2H3. The Morgan fingerprint density at radius 1 is 2.00 bits per heavy atom. The van der Waals surface area contributed by atoms with Crippen molar-refractivity contribution in [3.05, 3.63) is 12.2 Å². The first-order valence-electron chi connectivity index (χ1n) is 2.13. The molecule has 0 atom stereocenters. The van der Waals surface area contributed by atoms with Gasteiger partial charge in [-0.2, -0.15) is 0 Å². The average molecular weight is 132 g/mol. The van der Waals surface area contributed by atoms with Gasteiger partial charge in [-0.3, -0.25) is 4.46 Å². The van der Waals surface area contributed by atoms with Gasteiger partial charge in [-0.15, -0.1) is 0 Å². The van der Waals surface area contributed by atoms with Crippen LogP contribution in [0.5, 0.6) is 0 Å². The Morgan fingerprint density at radius 3 is 2.62 bits per heavy atom. The van der Waals surface area contributed by atoms with Crippen molar-refractivity contribution in [2.45, 2.75) is 6.92 Å². The number of rotatable bonds is 3. The van der Waals surface area contributed by atoms with E-state index >= 15 is 0 Å². The molecule has 0 unspecified atom stereocenters. The fourth-order valence-electron chi connectivity index (χ4n) is 0.185. The summed E-state index contributed by atoms with van der Waals surface area (Å²) in [5.74, 6) is 0. The minimum Gasteiger partial charge on any atom is -0.511 e. The molecule has 1 N–H and O–H groups in total. The van der Waals surface area contributed by atoms with Crippen LogP contribution in [0.1, 0.15) is 6.92 Å². The molecular formula is C4H8O3Si. The van der Waals surface area contributed by atoms with Crippen molar-refractivity contribution in [1.29, 1.82) is 0 Å². The van der Waals surface area contributed by atoms with Crippen LogP contribution in [0.3, 0.4) is 0 Å². The van der Waals surface area contributed by atoms with E-state index in [-0.39, 0.29) is 6.61 Å². The van der Waals surface area contributed by atoms with Gasteiger partial charge in [0.15, 0.2) is 0 Å². The summed E-state index contributed by atoms with van der Waals surface area (Å²) in [7, 11) is -2.74. The van der Waals surface area contributed by atoms with Crippen LogP contribution >= 0.6 is 0 Å². The predicted molar refractivity (Wildman–Crippen MR) is 29.4 cm³/mol. The molecule has 8 heavy (non-hydrogen) atoms. The third-order valence-electron chi connectivity index (χ3n) is 0.442. The molecule has 0 fully saturated rings. The lowest BCUT2D eigenvalue weighted by Crippen LogP contribution is -2.06. The van der Waals surface area contributed by atoms with Crippen molar-refractivity contribution in [3.63, 3.8) is 0 Å². The molecule has 0 aromatic rings. The zero-order valence-corrected chi connectivity index (χ0v) is 5.68. The largest absolute Gasteiger partial charge is 0.764 e. The van der Waals surface area contributed by atoms with Crippen LogP contribution in [0.4, 0.5) is 0 Å². The SMILES string of the molecule is C=C(C)CO[Si](=O)O. The topological polar surface area (TPSA) is 46.5 Å². The van der Waals surface area contributed by atoms with Gasteiger partial charge in [0, 0.05) is 0 Å². The number of hydrogen-bond acceptors (Lipinski definition) is 2. The zero-order chi connectivity index (χ0) is 6.57. The van der Waals surface area contributed by atoms with Crippen molar-refractivity contribution in [1.82, 2.24) is 0 Å². The minimum absolute atomic E-state index is 0.175. The maximum Gasteiger partial charge on any atom is 0.764 e. The van der Waals surface area contributed by atoms with E-state index in [0.717, 1.165) is 5.57 Å². The molecular weight excluding hydrogens is 124 g/mol. The van der Waals surface area contributed by atoms with E-state index < -0.39 is 9.17 Å². The monoisotopic (exact) mass is 132 g/mol. The van der Waals surface area contributed by atoms with Crippen molar-refractivity contribution in [3.8, 4) is 0 Å². The summed E-state index contributed by atoms with van der Waals surface area (Å²) < 4.78 is 14.1. The predicted octanol–water partition coefficient (Wildman–Crippen LogP) is -0.0132. The van der Waals surface area contributed by atoms with Crippen LogP contribution in [0.15, 0.2) is 12.2 Å². The lowest BCUT2D eigenvalue weighted by molar-refractivity contribution is 0.243. The van der Waals surface area contributed by atoms with Gasteiger partial charge in [-0.25, -0.2) is 0 Å². The average Bonchev–Trinajstić information content (AvgIpc) is 1.61. The molecule has 0 bridgehead atoms. The Balaban J connectivity index is 3.18. The van der Waals surface area contributed by atoms with E-state index in [4.69, 9.17) is 4.80 Å². The highest BCUT2D eigenvalue weighted by Gasteiger charge is 2.00. The second-order valence-electron chi connectivity index (χ2n) is 1.51. The Morgan fingerprint density at radius 2 is 2.50 bits per heavy atom. The molecule has 0 aliphatic heterocycles. The summed E-state index contributed by atoms with van der Waals surface area (Å²) in [6.07, 6.45) is 0. The molecule has 0 aromatic heterocycles. The van der Waals surface area contributed by atoms with E-state index in [1.54, 1.807) is 6.92 Å². The maximum absolute atomic E-state index is 9.83. The van der Waals surface area contributed by atoms with E-state index in [1.165, 1.54) is 0 Å². The van der Waals surface area contributed by atoms with Crippen molar-refractivity contribution in [2.24, 2.45) is 0 Å². The van der Waals surface area contributed by atoms with Crippen LogP contribution in [0.2, 0.25) is 0 Å². The quantitative estimate of drug-likeness (QED) is 0.434. The maximum atomic E-state index is 9.83. The molecule has 0 heterocycles. The van der Waals surface area contributed by atoms with Gasteiger partial charge in [-0.1, -0.05) is 6.58 Å². The van der Waals surface area contributed by atoms with Gasteiger partial charge in [0.25, 0.3) is 0 Å². The highest BCUT2D eigenvalue weighted by molar-refractivity contribution is 6.24. The first kappa shape index (κ1) is 7.36. The highest BCUT2D eigenvalue weighted by Crippen LogP contribution is 1.85. The molecule has 0 amide bonds. The van der Waals surface area contributed by atoms with Crippen LogP contribution in [-0.4, -0.2) is 20.6 Å². The Labute approximate surface area is 49.5 Å². The second-order valence-corrected chi connectivity index (χ2v) is 2.33. The summed E-state index contributed by atoms with van der Waals surface area (Å²) in [5, 5.41) is 0. The van der Waals surface area contributed by atoms with Gasteiger partial charge in [-0.05, 0) is 12.5 Å². The fourth-order valence-corrected chi connectivity index (χ4v) is 0.555. The van der Waals surface area contributed by atoms with Crippen LogP contribution in [0.25, 0.3) is 0 Å². The highest BCUT2D eigenvalue weighted by atomic mass is 28.3. The third kappa shape index (κ3) is 5.36. The first-order chi connectivity index (χ1) is 3.63. The van der Waals surface area contributed by atoms with Crippen LogP contribution in [0, 0.1) is 0 Å². The summed E-state index contributed by atoms with van der Waals surface area (Å²) in [4.78, 5) is 8.08. The smallest absolute Gasteiger partial charge is 0.511 e. The summed E-state index contributed by atoms with van der Waals surface area (Å²) in [6.45, 7) is 5.37. The molecule has 0 saturated carbocycles. The van der Waals surface area contributed by atoms with Gasteiger partial charge >= 0.3 is 9.17 Å². The minimum atomic E-state index is -2.74. The number of hydrogen-bond donors (Lipinski definition) is 1. The molecule has 0 rings (SSSR count). The molecule has 0 spiro atoms. The Bertz CT molecular complexity index is 95.9. The van der Waals surface area contributed by atoms with Gasteiger partial charge < -0.3 is 9.22 Å². The molecule has 4 heteroatoms. The second kappa shape index (κ2) is 3.37. The van der Waals surface area contributed by atoms with E-state index in [0.29, 0.717) is 0 Å². The fraction of sp³-hybridized carbons (Fsp3) is 0.500. The summed E-state index contributed by atoms with van der Waals surface area (Å²) in [5.41, 5.74) is 0.748. The van der Waals surface area contributed by atoms with Gasteiger partial charge in [0.1, 0.15) is 0 Å². The molecule has 0 aliphatic rings. The van der Waals surface area contributed by atoms with Crippen LogP contribution in [-0.2, 0) is 8.89 Å². The van der Waals surface area contributed by atoms with E-state index in [2.05, 4.69) is 11.0 Å². The van der Waals surface area contributed by atoms with Crippen molar-refractivity contribution >= 4 is 9.17 Å². The third-order valence-corrected chi connectivity index (χ3v) is 0.833. The van der Waals surface area contributed by atoms with Gasteiger partial charge in [0.05, 0.1) is 6.61 Å². The normalized spacial score (nSPS) is 8.12.